The van der Waals surface area contributed by atoms with Crippen LogP contribution in [0.3, 0.4) is 0 Å². The molecule has 0 amide bonds. The predicted octanol–water partition coefficient (Wildman–Crippen LogP) is 1.96. The van der Waals surface area contributed by atoms with E-state index in [-0.39, 0.29) is 18.2 Å². The third-order valence-electron chi connectivity index (χ3n) is 2.68. The Morgan fingerprint density at radius 3 is 2.64 bits per heavy atom. The van der Waals surface area contributed by atoms with Gasteiger partial charge in [0.2, 0.25) is 0 Å². The van der Waals surface area contributed by atoms with E-state index in [0.717, 1.165) is 35.8 Å². The summed E-state index contributed by atoms with van der Waals surface area (Å²) in [6.07, 6.45) is 0.810. The molecule has 22 heavy (non-hydrogen) atoms. The average molecular weight is 351 g/mol. The summed E-state index contributed by atoms with van der Waals surface area (Å²) in [7, 11) is 5.73. The average Bonchev–Trinajstić information content (AvgIpc) is 2.80. The second-order valence-electron chi connectivity index (χ2n) is 4.92. The van der Waals surface area contributed by atoms with E-state index in [9.17, 15) is 10.1 Å². The number of rotatable bonds is 9. The number of nitro groups is 1. The van der Waals surface area contributed by atoms with Crippen LogP contribution in [-0.4, -0.2) is 48.2 Å². The fourth-order valence-corrected chi connectivity index (χ4v) is 2.51. The lowest BCUT2D eigenvalue weighted by molar-refractivity contribution is -0.404. The van der Waals surface area contributed by atoms with Crippen LogP contribution in [0.25, 0.3) is 0 Å². The minimum absolute atomic E-state index is 0. The lowest BCUT2D eigenvalue weighted by Crippen LogP contribution is -2.26. The summed E-state index contributed by atoms with van der Waals surface area (Å²) in [6, 6.07) is 3.97. The smallest absolute Gasteiger partial charge is 0.274 e. The van der Waals surface area contributed by atoms with Gasteiger partial charge in [-0.1, -0.05) is 0 Å². The van der Waals surface area contributed by atoms with Crippen LogP contribution in [0.2, 0.25) is 0 Å². The highest BCUT2D eigenvalue weighted by atomic mass is 35.5. The number of halogens is 1. The van der Waals surface area contributed by atoms with Crippen molar-refractivity contribution in [3.8, 4) is 0 Å². The molecule has 0 fully saturated rings. The standard InChI is InChI=1S/C13H22N4O3S.ClH/c1-15(2)8-11-4-5-12(20-11)10-21-7-6-16(3)13(14)9-17(18)19;/h4-5,9H,6-8,10,14H2,1-3H3;1H/b13-9+;. The molecule has 9 heteroatoms. The largest absolute Gasteiger partial charge is 0.464 e. The van der Waals surface area contributed by atoms with E-state index in [4.69, 9.17) is 10.2 Å². The highest BCUT2D eigenvalue weighted by Crippen LogP contribution is 2.16. The summed E-state index contributed by atoms with van der Waals surface area (Å²) < 4.78 is 5.70. The maximum atomic E-state index is 10.3. The van der Waals surface area contributed by atoms with Crippen molar-refractivity contribution in [1.29, 1.82) is 0 Å². The van der Waals surface area contributed by atoms with Gasteiger partial charge in [0.05, 0.1) is 17.2 Å². The van der Waals surface area contributed by atoms with E-state index in [0.29, 0.717) is 6.54 Å². The normalized spacial score (nSPS) is 11.4. The van der Waals surface area contributed by atoms with Crippen molar-refractivity contribution in [3.05, 3.63) is 45.8 Å². The number of hydrogen-bond acceptors (Lipinski definition) is 7. The molecule has 0 aromatic carbocycles. The van der Waals surface area contributed by atoms with Crippen molar-refractivity contribution >= 4 is 24.2 Å². The van der Waals surface area contributed by atoms with E-state index in [2.05, 4.69) is 4.90 Å². The summed E-state index contributed by atoms with van der Waals surface area (Å²) in [4.78, 5) is 13.5. The van der Waals surface area contributed by atoms with Crippen molar-refractivity contribution in [2.24, 2.45) is 5.73 Å². The Morgan fingerprint density at radius 1 is 1.41 bits per heavy atom. The van der Waals surface area contributed by atoms with E-state index < -0.39 is 4.92 Å². The molecule has 0 atom stereocenters. The van der Waals surface area contributed by atoms with Gasteiger partial charge < -0.3 is 20.0 Å². The minimum Gasteiger partial charge on any atom is -0.464 e. The first-order valence-electron chi connectivity index (χ1n) is 6.50. The maximum absolute atomic E-state index is 10.3. The molecule has 0 aliphatic heterocycles. The molecule has 0 unspecified atom stereocenters. The molecule has 0 spiro atoms. The lowest BCUT2D eigenvalue weighted by Gasteiger charge is -2.16. The van der Waals surface area contributed by atoms with E-state index in [1.54, 1.807) is 23.7 Å². The highest BCUT2D eigenvalue weighted by molar-refractivity contribution is 7.98. The Bertz CT molecular complexity index is 493. The summed E-state index contributed by atoms with van der Waals surface area (Å²) >= 11 is 1.70. The molecular formula is C13H23ClN4O3S. The first kappa shape index (κ1) is 20.6. The van der Waals surface area contributed by atoms with Crippen LogP contribution in [0.4, 0.5) is 0 Å². The second-order valence-corrected chi connectivity index (χ2v) is 6.02. The number of thioether (sulfide) groups is 1. The number of furan rings is 1. The summed E-state index contributed by atoms with van der Waals surface area (Å²) in [5.41, 5.74) is 5.57. The zero-order valence-corrected chi connectivity index (χ0v) is 14.7. The third kappa shape index (κ3) is 8.16. The fraction of sp³-hybridized carbons (Fsp3) is 0.538. The van der Waals surface area contributed by atoms with Crippen LogP contribution in [0.1, 0.15) is 11.5 Å². The van der Waals surface area contributed by atoms with Crippen LogP contribution in [0, 0.1) is 10.1 Å². The van der Waals surface area contributed by atoms with Gasteiger partial charge in [-0.2, -0.15) is 11.8 Å². The number of nitrogens with two attached hydrogens (primary N) is 1. The first-order chi connectivity index (χ1) is 9.88. The molecule has 0 saturated heterocycles. The van der Waals surface area contributed by atoms with Crippen molar-refractivity contribution < 1.29 is 9.34 Å². The number of hydrogen-bond donors (Lipinski definition) is 1. The third-order valence-corrected chi connectivity index (χ3v) is 3.64. The van der Waals surface area contributed by atoms with Gasteiger partial charge in [-0.05, 0) is 26.2 Å². The van der Waals surface area contributed by atoms with Gasteiger partial charge in [0.1, 0.15) is 11.5 Å². The zero-order chi connectivity index (χ0) is 15.8. The topological polar surface area (TPSA) is 88.8 Å². The van der Waals surface area contributed by atoms with Crippen LogP contribution in [0.5, 0.6) is 0 Å². The molecule has 0 aliphatic rings. The molecule has 0 saturated carbocycles. The second kappa shape index (κ2) is 10.4. The van der Waals surface area contributed by atoms with Gasteiger partial charge in [0, 0.05) is 19.3 Å². The highest BCUT2D eigenvalue weighted by Gasteiger charge is 2.06. The molecule has 1 heterocycles. The first-order valence-corrected chi connectivity index (χ1v) is 7.66. The molecular weight excluding hydrogens is 328 g/mol. The maximum Gasteiger partial charge on any atom is 0.274 e. The predicted molar refractivity (Wildman–Crippen MR) is 91.4 cm³/mol. The van der Waals surface area contributed by atoms with Crippen LogP contribution in [-0.2, 0) is 12.3 Å². The molecule has 1 rings (SSSR count). The lowest BCUT2D eigenvalue weighted by atomic mass is 10.4. The van der Waals surface area contributed by atoms with Crippen LogP contribution < -0.4 is 5.73 Å². The summed E-state index contributed by atoms with van der Waals surface area (Å²) in [5, 5.41) is 10.3. The summed E-state index contributed by atoms with van der Waals surface area (Å²) in [5.74, 6) is 3.64. The van der Waals surface area contributed by atoms with Gasteiger partial charge in [0.15, 0.2) is 5.82 Å². The Morgan fingerprint density at radius 2 is 2.05 bits per heavy atom. The fourth-order valence-electron chi connectivity index (χ4n) is 1.61. The number of nitrogens with zero attached hydrogens (tertiary/aromatic N) is 3. The molecule has 0 aliphatic carbocycles. The minimum atomic E-state index is -0.548. The van der Waals surface area contributed by atoms with Crippen molar-refractivity contribution in [2.75, 3.05) is 33.4 Å². The van der Waals surface area contributed by atoms with E-state index >= 15 is 0 Å². The van der Waals surface area contributed by atoms with Crippen LogP contribution >= 0.6 is 24.2 Å². The van der Waals surface area contributed by atoms with Gasteiger partial charge in [-0.25, -0.2) is 0 Å². The Kier molecular flexibility index (Phi) is 9.71. The quantitative estimate of drug-likeness (QED) is 0.413. The Labute approximate surface area is 141 Å². The molecule has 0 bridgehead atoms. The molecule has 0 radical (unpaired) electrons. The molecule has 126 valence electrons. The van der Waals surface area contributed by atoms with Gasteiger partial charge >= 0.3 is 0 Å². The van der Waals surface area contributed by atoms with Gasteiger partial charge in [0.25, 0.3) is 6.20 Å². The van der Waals surface area contributed by atoms with Gasteiger partial charge in [-0.3, -0.25) is 10.1 Å². The molecule has 1 aromatic rings. The van der Waals surface area contributed by atoms with E-state index in [1.165, 1.54) is 0 Å². The van der Waals surface area contributed by atoms with Crippen LogP contribution in [0.15, 0.2) is 28.6 Å². The van der Waals surface area contributed by atoms with E-state index in [1.807, 2.05) is 26.2 Å². The molecule has 2 N–H and O–H groups in total. The monoisotopic (exact) mass is 350 g/mol. The Balaban J connectivity index is 0.00000441. The van der Waals surface area contributed by atoms with Gasteiger partial charge in [-0.15, -0.1) is 12.4 Å². The van der Waals surface area contributed by atoms with Crippen molar-refractivity contribution in [2.45, 2.75) is 12.3 Å². The SMILES string of the molecule is CN(C)Cc1ccc(CSCCN(C)/C(N)=C/[N+](=O)[O-])o1.Cl. The molecule has 1 aromatic heterocycles. The van der Waals surface area contributed by atoms with Crippen molar-refractivity contribution in [3.63, 3.8) is 0 Å². The summed E-state index contributed by atoms with van der Waals surface area (Å²) in [6.45, 7) is 1.43. The zero-order valence-electron chi connectivity index (χ0n) is 13.0. The van der Waals surface area contributed by atoms with Crippen molar-refractivity contribution in [1.82, 2.24) is 9.80 Å². The molecule has 7 nitrogen and oxygen atoms in total. The Hall–Kier alpha value is -1.38.